The second-order valence-corrected chi connectivity index (χ2v) is 4.86. The van der Waals surface area contributed by atoms with Crippen molar-refractivity contribution in [1.29, 1.82) is 0 Å². The highest BCUT2D eigenvalue weighted by molar-refractivity contribution is 5.94. The molecule has 0 saturated carbocycles. The first-order chi connectivity index (χ1) is 8.40. The molecule has 2 N–H and O–H groups in total. The average molecular weight is 247 g/mol. The average Bonchev–Trinajstić information content (AvgIpc) is 2.27. The maximum atomic E-state index is 13.7. The molecule has 1 atom stereocenters. The molecule has 96 valence electrons. The van der Waals surface area contributed by atoms with Gasteiger partial charge in [-0.1, -0.05) is 0 Å². The Morgan fingerprint density at radius 3 is 2.50 bits per heavy atom. The maximum absolute atomic E-state index is 13.7. The van der Waals surface area contributed by atoms with Crippen LogP contribution in [0.25, 0.3) is 10.9 Å². The van der Waals surface area contributed by atoms with Gasteiger partial charge in [-0.3, -0.25) is 4.98 Å². The van der Waals surface area contributed by atoms with Crippen LogP contribution in [0.4, 0.5) is 10.1 Å². The Kier molecular flexibility index (Phi) is 3.22. The normalized spacial score (nSPS) is 12.8. The Morgan fingerprint density at radius 1 is 1.28 bits per heavy atom. The van der Waals surface area contributed by atoms with Crippen molar-refractivity contribution in [2.75, 3.05) is 19.0 Å². The number of benzene rings is 1. The van der Waals surface area contributed by atoms with Crippen LogP contribution in [-0.2, 0) is 0 Å². The van der Waals surface area contributed by atoms with Crippen molar-refractivity contribution in [2.45, 2.75) is 19.9 Å². The molecule has 2 aromatic rings. The molecular weight excluding hydrogens is 229 g/mol. The van der Waals surface area contributed by atoms with Crippen molar-refractivity contribution in [2.24, 2.45) is 5.73 Å². The summed E-state index contributed by atoms with van der Waals surface area (Å²) in [5.74, 6) is -0.274. The Morgan fingerprint density at radius 2 is 1.94 bits per heavy atom. The number of fused-ring (bicyclic) bond motifs is 1. The van der Waals surface area contributed by atoms with Gasteiger partial charge in [0.15, 0.2) is 0 Å². The van der Waals surface area contributed by atoms with E-state index in [4.69, 9.17) is 5.73 Å². The van der Waals surface area contributed by atoms with Crippen LogP contribution in [-0.4, -0.2) is 19.1 Å². The first-order valence-corrected chi connectivity index (χ1v) is 5.94. The molecule has 0 radical (unpaired) electrons. The lowest BCUT2D eigenvalue weighted by Crippen LogP contribution is -2.12. The third-order valence-corrected chi connectivity index (χ3v) is 2.99. The van der Waals surface area contributed by atoms with Gasteiger partial charge in [0.2, 0.25) is 0 Å². The Bertz CT molecular complexity index is 538. The smallest absolute Gasteiger partial charge is 0.124 e. The highest BCUT2D eigenvalue weighted by Gasteiger charge is 2.13. The molecule has 0 fully saturated rings. The number of nitrogens with two attached hydrogens (primary N) is 1. The number of hydrogen-bond donors (Lipinski definition) is 1. The van der Waals surface area contributed by atoms with Crippen molar-refractivity contribution in [3.63, 3.8) is 0 Å². The van der Waals surface area contributed by atoms with Gasteiger partial charge in [-0.2, -0.15) is 0 Å². The lowest BCUT2D eigenvalue weighted by Gasteiger charge is -2.18. The fourth-order valence-corrected chi connectivity index (χ4v) is 2.14. The van der Waals surface area contributed by atoms with E-state index in [0.717, 1.165) is 27.8 Å². The summed E-state index contributed by atoms with van der Waals surface area (Å²) in [6, 6.07) is 4.70. The van der Waals surface area contributed by atoms with Crippen LogP contribution in [0.1, 0.15) is 24.2 Å². The van der Waals surface area contributed by atoms with Crippen molar-refractivity contribution >= 4 is 16.6 Å². The summed E-state index contributed by atoms with van der Waals surface area (Å²) in [5.41, 5.74) is 9.30. The molecule has 3 nitrogen and oxygen atoms in total. The van der Waals surface area contributed by atoms with Gasteiger partial charge >= 0.3 is 0 Å². The Hall–Kier alpha value is -1.68. The summed E-state index contributed by atoms with van der Waals surface area (Å²) in [6.45, 7) is 3.77. The first kappa shape index (κ1) is 12.8. The summed E-state index contributed by atoms with van der Waals surface area (Å²) in [7, 11) is 3.87. The molecule has 0 aliphatic carbocycles. The number of aromatic nitrogens is 1. The van der Waals surface area contributed by atoms with Crippen LogP contribution >= 0.6 is 0 Å². The SMILES string of the molecule is Cc1cc(N(C)C)c2cc(F)cc(C(C)N)c2n1. The number of aryl methyl sites for hydroxylation is 1. The molecule has 4 heteroatoms. The second kappa shape index (κ2) is 4.53. The summed E-state index contributed by atoms with van der Waals surface area (Å²) in [4.78, 5) is 6.47. The molecule has 0 spiro atoms. The molecule has 0 aliphatic rings. The number of rotatable bonds is 2. The Balaban J connectivity index is 2.89. The molecule has 1 aromatic heterocycles. The van der Waals surface area contributed by atoms with E-state index in [-0.39, 0.29) is 11.9 Å². The first-order valence-electron chi connectivity index (χ1n) is 5.94. The van der Waals surface area contributed by atoms with Gasteiger partial charge in [-0.05, 0) is 37.6 Å². The predicted molar refractivity (Wildman–Crippen MR) is 73.4 cm³/mol. The molecule has 0 amide bonds. The van der Waals surface area contributed by atoms with Crippen LogP contribution in [0.15, 0.2) is 18.2 Å². The number of halogens is 1. The van der Waals surface area contributed by atoms with Crippen molar-refractivity contribution in [3.8, 4) is 0 Å². The highest BCUT2D eigenvalue weighted by Crippen LogP contribution is 2.30. The van der Waals surface area contributed by atoms with Crippen LogP contribution in [0.2, 0.25) is 0 Å². The van der Waals surface area contributed by atoms with Crippen molar-refractivity contribution in [3.05, 3.63) is 35.3 Å². The largest absolute Gasteiger partial charge is 0.377 e. The van der Waals surface area contributed by atoms with E-state index in [0.29, 0.717) is 0 Å². The molecule has 1 heterocycles. The standard InChI is InChI=1S/C14H18FN3/c1-8-5-13(18(3)4)12-7-10(15)6-11(9(2)16)14(12)17-8/h5-7,9H,16H2,1-4H3. The van der Waals surface area contributed by atoms with E-state index in [1.807, 2.05) is 38.9 Å². The third-order valence-electron chi connectivity index (χ3n) is 2.99. The van der Waals surface area contributed by atoms with E-state index in [9.17, 15) is 4.39 Å². The molecule has 18 heavy (non-hydrogen) atoms. The summed E-state index contributed by atoms with van der Waals surface area (Å²) in [6.07, 6.45) is 0. The maximum Gasteiger partial charge on any atom is 0.124 e. The Labute approximate surface area is 106 Å². The molecule has 0 aliphatic heterocycles. The van der Waals surface area contributed by atoms with Gasteiger partial charge in [0.05, 0.1) is 5.52 Å². The van der Waals surface area contributed by atoms with Crippen molar-refractivity contribution in [1.82, 2.24) is 4.98 Å². The van der Waals surface area contributed by atoms with Crippen LogP contribution < -0.4 is 10.6 Å². The van der Waals surface area contributed by atoms with Crippen molar-refractivity contribution < 1.29 is 4.39 Å². The number of anilines is 1. The zero-order valence-electron chi connectivity index (χ0n) is 11.2. The summed E-state index contributed by atoms with van der Waals surface area (Å²) >= 11 is 0. The molecular formula is C14H18FN3. The van der Waals surface area contributed by atoms with E-state index in [2.05, 4.69) is 4.98 Å². The minimum atomic E-state index is -0.274. The number of hydrogen-bond acceptors (Lipinski definition) is 3. The fourth-order valence-electron chi connectivity index (χ4n) is 2.14. The van der Waals surface area contributed by atoms with Gasteiger partial charge in [0, 0.05) is 36.9 Å². The lowest BCUT2D eigenvalue weighted by atomic mass is 10.0. The number of pyridine rings is 1. The van der Waals surface area contributed by atoms with Crippen LogP contribution in [0, 0.1) is 12.7 Å². The second-order valence-electron chi connectivity index (χ2n) is 4.86. The molecule has 2 rings (SSSR count). The minimum Gasteiger partial charge on any atom is -0.377 e. The summed E-state index contributed by atoms with van der Waals surface area (Å²) in [5, 5.41) is 0.804. The molecule has 1 unspecified atom stereocenters. The quantitative estimate of drug-likeness (QED) is 0.887. The third kappa shape index (κ3) is 2.16. The lowest BCUT2D eigenvalue weighted by molar-refractivity contribution is 0.624. The zero-order valence-corrected chi connectivity index (χ0v) is 11.2. The van der Waals surface area contributed by atoms with E-state index >= 15 is 0 Å². The zero-order chi connectivity index (χ0) is 13.4. The van der Waals surface area contributed by atoms with E-state index < -0.39 is 0 Å². The van der Waals surface area contributed by atoms with Gasteiger partial charge in [0.25, 0.3) is 0 Å². The molecule has 0 saturated heterocycles. The monoisotopic (exact) mass is 247 g/mol. The topological polar surface area (TPSA) is 42.1 Å². The molecule has 1 aromatic carbocycles. The minimum absolute atomic E-state index is 0.243. The van der Waals surface area contributed by atoms with Gasteiger partial charge < -0.3 is 10.6 Å². The fraction of sp³-hybridized carbons (Fsp3) is 0.357. The highest BCUT2D eigenvalue weighted by atomic mass is 19.1. The van der Waals surface area contributed by atoms with Crippen LogP contribution in [0.3, 0.4) is 0 Å². The van der Waals surface area contributed by atoms with Gasteiger partial charge in [0.1, 0.15) is 5.82 Å². The summed E-state index contributed by atoms with van der Waals surface area (Å²) < 4.78 is 13.7. The van der Waals surface area contributed by atoms with E-state index in [1.165, 1.54) is 12.1 Å². The van der Waals surface area contributed by atoms with Gasteiger partial charge in [-0.25, -0.2) is 4.39 Å². The van der Waals surface area contributed by atoms with E-state index in [1.54, 1.807) is 0 Å². The van der Waals surface area contributed by atoms with Gasteiger partial charge in [-0.15, -0.1) is 0 Å². The number of nitrogens with zero attached hydrogens (tertiary/aromatic N) is 2. The van der Waals surface area contributed by atoms with Crippen LogP contribution in [0.5, 0.6) is 0 Å². The molecule has 0 bridgehead atoms. The predicted octanol–water partition coefficient (Wildman–Crippen LogP) is 2.77.